The fourth-order valence-electron chi connectivity index (χ4n) is 1.21. The van der Waals surface area contributed by atoms with E-state index in [0.29, 0.717) is 6.07 Å². The van der Waals surface area contributed by atoms with Gasteiger partial charge in [0.15, 0.2) is 23.2 Å². The molecule has 0 aliphatic carbocycles. The molecule has 1 rings (SSSR count). The summed E-state index contributed by atoms with van der Waals surface area (Å²) in [6.45, 7) is 1.35. The summed E-state index contributed by atoms with van der Waals surface area (Å²) in [5, 5.41) is 0. The molecular weight excluding hydrogens is 223 g/mol. The Morgan fingerprint density at radius 2 is 1.94 bits per heavy atom. The third-order valence-corrected chi connectivity index (χ3v) is 2.00. The van der Waals surface area contributed by atoms with E-state index in [1.807, 2.05) is 0 Å². The Morgan fingerprint density at radius 3 is 2.38 bits per heavy atom. The van der Waals surface area contributed by atoms with E-state index in [1.54, 1.807) is 0 Å². The van der Waals surface area contributed by atoms with Gasteiger partial charge in [-0.3, -0.25) is 4.79 Å². The SMILES string of the molecule is COc1c(C(=O)C(C)N)cc(F)c(F)c1F. The normalized spacial score (nSPS) is 12.4. The van der Waals surface area contributed by atoms with Crippen LogP contribution in [0.4, 0.5) is 13.2 Å². The van der Waals surface area contributed by atoms with Gasteiger partial charge in [0.2, 0.25) is 5.82 Å². The first-order valence-corrected chi connectivity index (χ1v) is 4.41. The molecule has 0 saturated heterocycles. The molecule has 88 valence electrons. The van der Waals surface area contributed by atoms with Crippen LogP contribution in [0.25, 0.3) is 0 Å². The second-order valence-electron chi connectivity index (χ2n) is 3.22. The van der Waals surface area contributed by atoms with Crippen LogP contribution in [-0.2, 0) is 0 Å². The van der Waals surface area contributed by atoms with Crippen molar-refractivity contribution >= 4 is 5.78 Å². The lowest BCUT2D eigenvalue weighted by molar-refractivity contribution is 0.0963. The molecule has 1 unspecified atom stereocenters. The van der Waals surface area contributed by atoms with E-state index >= 15 is 0 Å². The molecule has 0 fully saturated rings. The number of carbonyl (C=O) groups is 1. The molecule has 1 aromatic rings. The van der Waals surface area contributed by atoms with Crippen molar-refractivity contribution in [1.29, 1.82) is 0 Å². The molecular formula is C10H10F3NO2. The molecule has 3 nitrogen and oxygen atoms in total. The average molecular weight is 233 g/mol. The number of carbonyl (C=O) groups excluding carboxylic acids is 1. The Hall–Kier alpha value is -1.56. The van der Waals surface area contributed by atoms with E-state index in [-0.39, 0.29) is 0 Å². The summed E-state index contributed by atoms with van der Waals surface area (Å²) in [5.74, 6) is -6.04. The van der Waals surface area contributed by atoms with Gasteiger partial charge in [0.05, 0.1) is 18.7 Å². The number of ether oxygens (including phenoxy) is 1. The summed E-state index contributed by atoms with van der Waals surface area (Å²) < 4.78 is 43.5. The molecule has 0 bridgehead atoms. The molecule has 16 heavy (non-hydrogen) atoms. The van der Waals surface area contributed by atoms with Gasteiger partial charge in [0, 0.05) is 0 Å². The minimum atomic E-state index is -1.68. The van der Waals surface area contributed by atoms with Gasteiger partial charge in [0.1, 0.15) is 0 Å². The predicted octanol–water partition coefficient (Wildman–Crippen LogP) is 1.64. The van der Waals surface area contributed by atoms with Crippen LogP contribution in [0.5, 0.6) is 5.75 Å². The van der Waals surface area contributed by atoms with Crippen molar-refractivity contribution in [3.05, 3.63) is 29.1 Å². The van der Waals surface area contributed by atoms with Crippen molar-refractivity contribution < 1.29 is 22.7 Å². The summed E-state index contributed by atoms with van der Waals surface area (Å²) in [6.07, 6.45) is 0. The molecule has 0 heterocycles. The highest BCUT2D eigenvalue weighted by molar-refractivity contribution is 6.02. The van der Waals surface area contributed by atoms with E-state index in [1.165, 1.54) is 6.92 Å². The first kappa shape index (κ1) is 12.5. The van der Waals surface area contributed by atoms with Gasteiger partial charge < -0.3 is 10.5 Å². The van der Waals surface area contributed by atoms with Crippen LogP contribution in [0.2, 0.25) is 0 Å². The van der Waals surface area contributed by atoms with Crippen molar-refractivity contribution in [3.63, 3.8) is 0 Å². The molecule has 0 radical (unpaired) electrons. The zero-order chi connectivity index (χ0) is 12.5. The van der Waals surface area contributed by atoms with E-state index in [2.05, 4.69) is 4.74 Å². The molecule has 0 amide bonds. The van der Waals surface area contributed by atoms with E-state index in [0.717, 1.165) is 7.11 Å². The molecule has 0 aromatic heterocycles. The molecule has 6 heteroatoms. The van der Waals surface area contributed by atoms with Gasteiger partial charge in [-0.2, -0.15) is 4.39 Å². The predicted molar refractivity (Wildman–Crippen MR) is 50.8 cm³/mol. The first-order chi connectivity index (χ1) is 7.40. The van der Waals surface area contributed by atoms with Gasteiger partial charge in [-0.15, -0.1) is 0 Å². The number of ketones is 1. The Bertz CT molecular complexity index is 433. The lowest BCUT2D eigenvalue weighted by Gasteiger charge is -2.11. The topological polar surface area (TPSA) is 52.3 Å². The first-order valence-electron chi connectivity index (χ1n) is 4.41. The lowest BCUT2D eigenvalue weighted by Crippen LogP contribution is -2.27. The number of halogens is 3. The smallest absolute Gasteiger partial charge is 0.204 e. The van der Waals surface area contributed by atoms with Gasteiger partial charge in [-0.05, 0) is 13.0 Å². The van der Waals surface area contributed by atoms with Gasteiger partial charge in [-0.25, -0.2) is 8.78 Å². The zero-order valence-electron chi connectivity index (χ0n) is 8.68. The summed E-state index contributed by atoms with van der Waals surface area (Å²) in [5.41, 5.74) is 4.88. The van der Waals surface area contributed by atoms with Crippen LogP contribution < -0.4 is 10.5 Å². The summed E-state index contributed by atoms with van der Waals surface area (Å²) in [4.78, 5) is 11.5. The van der Waals surface area contributed by atoms with E-state index in [4.69, 9.17) is 5.73 Å². The number of hydrogen-bond donors (Lipinski definition) is 1. The van der Waals surface area contributed by atoms with E-state index < -0.39 is 40.6 Å². The van der Waals surface area contributed by atoms with Gasteiger partial charge in [0.25, 0.3) is 0 Å². The fourth-order valence-corrected chi connectivity index (χ4v) is 1.21. The fraction of sp³-hybridized carbons (Fsp3) is 0.300. The number of benzene rings is 1. The van der Waals surface area contributed by atoms with Gasteiger partial charge >= 0.3 is 0 Å². The zero-order valence-corrected chi connectivity index (χ0v) is 8.68. The minimum absolute atomic E-state index is 0.408. The van der Waals surface area contributed by atoms with Crippen LogP contribution in [0.3, 0.4) is 0 Å². The van der Waals surface area contributed by atoms with Crippen LogP contribution in [0.15, 0.2) is 6.07 Å². The largest absolute Gasteiger partial charge is 0.493 e. The molecule has 0 aliphatic heterocycles. The number of Topliss-reactive ketones (excluding diaryl/α,β-unsaturated/α-hetero) is 1. The third kappa shape index (κ3) is 2.01. The maximum Gasteiger partial charge on any atom is 0.204 e. The summed E-state index contributed by atoms with van der Waals surface area (Å²) in [6, 6.07) is -0.388. The summed E-state index contributed by atoms with van der Waals surface area (Å²) >= 11 is 0. The summed E-state index contributed by atoms with van der Waals surface area (Å²) in [7, 11) is 1.05. The van der Waals surface area contributed by atoms with Crippen molar-refractivity contribution in [2.45, 2.75) is 13.0 Å². The highest BCUT2D eigenvalue weighted by Crippen LogP contribution is 2.27. The highest BCUT2D eigenvalue weighted by atomic mass is 19.2. The second-order valence-corrected chi connectivity index (χ2v) is 3.22. The number of nitrogens with two attached hydrogens (primary N) is 1. The maximum atomic E-state index is 13.2. The Kier molecular flexibility index (Phi) is 3.54. The number of rotatable bonds is 3. The van der Waals surface area contributed by atoms with Crippen molar-refractivity contribution in [2.75, 3.05) is 7.11 Å². The van der Waals surface area contributed by atoms with Crippen molar-refractivity contribution in [1.82, 2.24) is 0 Å². The molecule has 0 spiro atoms. The number of hydrogen-bond acceptors (Lipinski definition) is 3. The molecule has 1 aromatic carbocycles. The Labute approximate surface area is 90.0 Å². The molecule has 1 atom stereocenters. The van der Waals surface area contributed by atoms with Crippen LogP contribution in [0.1, 0.15) is 17.3 Å². The number of methoxy groups -OCH3 is 1. The second kappa shape index (κ2) is 4.52. The van der Waals surface area contributed by atoms with Crippen molar-refractivity contribution in [3.8, 4) is 5.75 Å². The highest BCUT2D eigenvalue weighted by Gasteiger charge is 2.24. The lowest BCUT2D eigenvalue weighted by atomic mass is 10.0. The monoisotopic (exact) mass is 233 g/mol. The minimum Gasteiger partial charge on any atom is -0.493 e. The standard InChI is InChI=1S/C10H10F3NO2/c1-4(14)9(15)5-3-6(11)7(12)8(13)10(5)16-2/h3-4H,14H2,1-2H3. The van der Waals surface area contributed by atoms with Crippen molar-refractivity contribution in [2.24, 2.45) is 5.73 Å². The average Bonchev–Trinajstić information content (AvgIpc) is 2.24. The Morgan fingerprint density at radius 1 is 1.38 bits per heavy atom. The molecule has 2 N–H and O–H groups in total. The van der Waals surface area contributed by atoms with Crippen LogP contribution >= 0.6 is 0 Å². The van der Waals surface area contributed by atoms with Gasteiger partial charge in [-0.1, -0.05) is 0 Å². The maximum absolute atomic E-state index is 13.2. The molecule has 0 saturated carbocycles. The van der Waals surface area contributed by atoms with Crippen LogP contribution in [0, 0.1) is 17.5 Å². The quantitative estimate of drug-likeness (QED) is 0.637. The Balaban J connectivity index is 3.45. The van der Waals surface area contributed by atoms with E-state index in [9.17, 15) is 18.0 Å². The third-order valence-electron chi connectivity index (χ3n) is 2.00. The van der Waals surface area contributed by atoms with Crippen LogP contribution in [-0.4, -0.2) is 18.9 Å². The molecule has 0 aliphatic rings.